The highest BCUT2D eigenvalue weighted by Crippen LogP contribution is 2.51. The van der Waals surface area contributed by atoms with Crippen molar-refractivity contribution in [3.8, 4) is 11.1 Å². The van der Waals surface area contributed by atoms with E-state index in [1.165, 1.54) is 11.1 Å². The second kappa shape index (κ2) is 7.86. The molecule has 2 aliphatic carbocycles. The molecule has 0 spiro atoms. The first kappa shape index (κ1) is 21.2. The van der Waals surface area contributed by atoms with Crippen molar-refractivity contribution in [2.24, 2.45) is 11.8 Å². The molecule has 2 aromatic rings. The van der Waals surface area contributed by atoms with Crippen molar-refractivity contribution < 1.29 is 24.2 Å². The topological polar surface area (TPSA) is 95.9 Å². The minimum Gasteiger partial charge on any atom is -0.479 e. The predicted molar refractivity (Wildman–Crippen MR) is 124 cm³/mol. The number of fused-ring (bicyclic) bond motifs is 5. The number of hydrogen-bond donors (Lipinski definition) is 2. The summed E-state index contributed by atoms with van der Waals surface area (Å²) in [5, 5.41) is 12.6. The molecule has 1 saturated carbocycles. The lowest BCUT2D eigenvalue weighted by atomic mass is 9.88. The van der Waals surface area contributed by atoms with Crippen molar-refractivity contribution in [2.45, 2.75) is 49.6 Å². The summed E-state index contributed by atoms with van der Waals surface area (Å²) < 4.78 is 5.58. The normalized spacial score (nSPS) is 28.4. The average Bonchev–Trinajstić information content (AvgIpc) is 3.25. The Morgan fingerprint density at radius 1 is 1.00 bits per heavy atom. The summed E-state index contributed by atoms with van der Waals surface area (Å²) in [5.41, 5.74) is 3.69. The number of carboxylic acids is 1. The third kappa shape index (κ3) is 3.21. The first-order valence-corrected chi connectivity index (χ1v) is 12.1. The number of carbonyl (C=O) groups excluding carboxylic acids is 2. The lowest BCUT2D eigenvalue weighted by Gasteiger charge is -2.31. The summed E-state index contributed by atoms with van der Waals surface area (Å²) in [6.07, 6.45) is 2.84. The molecule has 7 nitrogen and oxygen atoms in total. The molecule has 0 aromatic heterocycles. The number of rotatable bonds is 6. The molecule has 2 amide bonds. The van der Waals surface area contributed by atoms with Crippen molar-refractivity contribution in [3.63, 3.8) is 0 Å². The molecule has 0 radical (unpaired) electrons. The number of alkyl carbamates (subject to hydrolysis) is 1. The van der Waals surface area contributed by atoms with Crippen molar-refractivity contribution in [1.29, 1.82) is 0 Å². The highest BCUT2D eigenvalue weighted by molar-refractivity contribution is 5.91. The number of ether oxygens (including phenoxy) is 1. The molecular formula is C27H28N2O5. The zero-order valence-corrected chi connectivity index (χ0v) is 18.9. The molecule has 2 atom stereocenters. The van der Waals surface area contributed by atoms with Crippen LogP contribution in [0, 0.1) is 11.8 Å². The van der Waals surface area contributed by atoms with Crippen LogP contribution in [0.1, 0.15) is 49.1 Å². The number of benzene rings is 2. The van der Waals surface area contributed by atoms with E-state index in [-0.39, 0.29) is 36.3 Å². The second-order valence-electron chi connectivity index (χ2n) is 10.1. The number of amides is 2. The first-order valence-electron chi connectivity index (χ1n) is 12.1. The van der Waals surface area contributed by atoms with Crippen LogP contribution in [0.5, 0.6) is 0 Å². The summed E-state index contributed by atoms with van der Waals surface area (Å²) in [7, 11) is 0. The molecule has 2 saturated heterocycles. The smallest absolute Gasteiger partial charge is 0.407 e. The van der Waals surface area contributed by atoms with Crippen molar-refractivity contribution in [3.05, 3.63) is 59.7 Å². The fourth-order valence-electron chi connectivity index (χ4n) is 6.45. The van der Waals surface area contributed by atoms with Crippen molar-refractivity contribution in [2.75, 3.05) is 13.2 Å². The summed E-state index contributed by atoms with van der Waals surface area (Å²) >= 11 is 0. The lowest BCUT2D eigenvalue weighted by molar-refractivity contribution is -0.156. The maximum atomic E-state index is 13.1. The highest BCUT2D eigenvalue weighted by Gasteiger charge is 2.61. The minimum atomic E-state index is -1.00. The van der Waals surface area contributed by atoms with Crippen LogP contribution in [0.15, 0.2) is 48.5 Å². The molecule has 4 aliphatic rings. The Hall–Kier alpha value is -3.35. The molecule has 7 heteroatoms. The second-order valence-corrected chi connectivity index (χ2v) is 10.1. The molecule has 2 N–H and O–H groups in total. The van der Waals surface area contributed by atoms with Crippen LogP contribution in [0.2, 0.25) is 0 Å². The molecule has 6 rings (SSSR count). The Labute approximate surface area is 198 Å². The van der Waals surface area contributed by atoms with Crippen LogP contribution in [0.4, 0.5) is 4.79 Å². The van der Waals surface area contributed by atoms with E-state index < -0.39 is 17.6 Å². The van der Waals surface area contributed by atoms with Gasteiger partial charge >= 0.3 is 12.1 Å². The summed E-state index contributed by atoms with van der Waals surface area (Å²) in [6.45, 7) is 0.620. The highest BCUT2D eigenvalue weighted by atomic mass is 16.5. The molecule has 2 aromatic carbocycles. The maximum Gasteiger partial charge on any atom is 0.407 e. The average molecular weight is 461 g/mol. The number of nitrogens with one attached hydrogen (secondary N) is 1. The van der Waals surface area contributed by atoms with E-state index in [1.54, 1.807) is 4.90 Å². The van der Waals surface area contributed by atoms with Crippen molar-refractivity contribution >= 4 is 18.0 Å². The lowest BCUT2D eigenvalue weighted by Crippen LogP contribution is -2.51. The summed E-state index contributed by atoms with van der Waals surface area (Å²) in [6, 6.07) is 16.5. The zero-order chi connectivity index (χ0) is 23.4. The van der Waals surface area contributed by atoms with Crippen LogP contribution in [0.25, 0.3) is 11.1 Å². The molecule has 2 unspecified atom stereocenters. The molecule has 2 bridgehead atoms. The molecule has 34 heavy (non-hydrogen) atoms. The Morgan fingerprint density at radius 3 is 2.24 bits per heavy atom. The molecule has 176 valence electrons. The fraction of sp³-hybridized carbons (Fsp3) is 0.444. The van der Waals surface area contributed by atoms with Gasteiger partial charge in [-0.3, -0.25) is 4.79 Å². The van der Waals surface area contributed by atoms with Crippen LogP contribution < -0.4 is 5.32 Å². The van der Waals surface area contributed by atoms with Crippen LogP contribution in [0.3, 0.4) is 0 Å². The summed E-state index contributed by atoms with van der Waals surface area (Å²) in [4.78, 5) is 39.1. The molecule has 3 fully saturated rings. The first-order chi connectivity index (χ1) is 16.5. The molecule has 2 aliphatic heterocycles. The van der Waals surface area contributed by atoms with Crippen LogP contribution in [-0.2, 0) is 14.3 Å². The Morgan fingerprint density at radius 2 is 1.62 bits per heavy atom. The maximum absolute atomic E-state index is 13.1. The van der Waals surface area contributed by atoms with Gasteiger partial charge in [0, 0.05) is 24.4 Å². The number of carboxylic acid groups (broad SMARTS) is 1. The van der Waals surface area contributed by atoms with E-state index in [4.69, 9.17) is 4.74 Å². The van der Waals surface area contributed by atoms with E-state index in [2.05, 4.69) is 29.6 Å². The Kier molecular flexibility index (Phi) is 4.90. The van der Waals surface area contributed by atoms with Gasteiger partial charge in [-0.15, -0.1) is 0 Å². The van der Waals surface area contributed by atoms with E-state index in [1.807, 2.05) is 24.3 Å². The number of carbonyl (C=O) groups is 3. The van der Waals surface area contributed by atoms with Gasteiger partial charge in [-0.05, 0) is 60.3 Å². The fourth-order valence-corrected chi connectivity index (χ4v) is 6.45. The SMILES string of the molecule is O=C(NCC1CC1C(=O)N1C2CCC1(C(=O)O)CC2)OCC1c2ccccc2-c2ccccc21. The van der Waals surface area contributed by atoms with E-state index in [9.17, 15) is 19.5 Å². The van der Waals surface area contributed by atoms with Crippen molar-refractivity contribution in [1.82, 2.24) is 10.2 Å². The third-order valence-electron chi connectivity index (χ3n) is 8.34. The zero-order valence-electron chi connectivity index (χ0n) is 18.9. The molecule has 2 heterocycles. The van der Waals surface area contributed by atoms with Crippen LogP contribution in [-0.4, -0.2) is 52.7 Å². The Balaban J connectivity index is 1.03. The van der Waals surface area contributed by atoms with Gasteiger partial charge in [0.1, 0.15) is 12.1 Å². The minimum absolute atomic E-state index is 0.00579. The van der Waals surface area contributed by atoms with E-state index in [0.717, 1.165) is 24.0 Å². The van der Waals surface area contributed by atoms with E-state index >= 15 is 0 Å². The van der Waals surface area contributed by atoms with Gasteiger partial charge in [0.15, 0.2) is 0 Å². The van der Waals surface area contributed by atoms with Crippen LogP contribution >= 0.6 is 0 Å². The van der Waals surface area contributed by atoms with Gasteiger partial charge in [-0.1, -0.05) is 48.5 Å². The van der Waals surface area contributed by atoms with Gasteiger partial charge in [-0.2, -0.15) is 0 Å². The number of nitrogens with zero attached hydrogens (tertiary/aromatic N) is 1. The monoisotopic (exact) mass is 460 g/mol. The summed E-state index contributed by atoms with van der Waals surface area (Å²) in [5.74, 6) is -1.09. The molecular weight excluding hydrogens is 432 g/mol. The Bertz CT molecular complexity index is 1120. The van der Waals surface area contributed by atoms with Gasteiger partial charge in [0.05, 0.1) is 0 Å². The standard InChI is InChI=1S/C27H28N2O5/c30-24(29-17-9-11-27(29,12-10-17)25(31)32)22-13-16(22)14-28-26(33)34-15-23-20-7-3-1-5-18(20)19-6-2-4-8-21(19)23/h1-8,16-17,22-23H,9-15H2,(H,28,33)(H,31,32). The van der Waals surface area contributed by atoms with Gasteiger partial charge in [0.25, 0.3) is 0 Å². The van der Waals surface area contributed by atoms with Gasteiger partial charge in [0.2, 0.25) is 5.91 Å². The number of aliphatic carboxylic acids is 1. The number of hydrogen-bond acceptors (Lipinski definition) is 4. The quantitative estimate of drug-likeness (QED) is 0.684. The van der Waals surface area contributed by atoms with E-state index in [0.29, 0.717) is 25.8 Å². The largest absolute Gasteiger partial charge is 0.479 e. The van der Waals surface area contributed by atoms with Gasteiger partial charge < -0.3 is 20.1 Å². The van der Waals surface area contributed by atoms with Gasteiger partial charge in [-0.25, -0.2) is 9.59 Å². The third-order valence-corrected chi connectivity index (χ3v) is 8.34. The predicted octanol–water partition coefficient (Wildman–Crippen LogP) is 3.77.